The fourth-order valence-corrected chi connectivity index (χ4v) is 3.85. The topological polar surface area (TPSA) is 93.7 Å². The molecule has 0 bridgehead atoms. The minimum Gasteiger partial charge on any atom is -0.508 e. The lowest BCUT2D eigenvalue weighted by Crippen LogP contribution is -2.53. The highest BCUT2D eigenvalue weighted by Gasteiger charge is 2.37. The van der Waals surface area contributed by atoms with Crippen molar-refractivity contribution in [3.63, 3.8) is 0 Å². The molecule has 2 rings (SSSR count). The number of benzene rings is 1. The lowest BCUT2D eigenvalue weighted by atomic mass is 9.73. The molecule has 2 atom stereocenters. The van der Waals surface area contributed by atoms with E-state index in [0.717, 1.165) is 0 Å². The normalized spacial score (nSPS) is 18.3. The van der Waals surface area contributed by atoms with Gasteiger partial charge in [0, 0.05) is 16.9 Å². The van der Waals surface area contributed by atoms with Gasteiger partial charge in [0.15, 0.2) is 0 Å². The summed E-state index contributed by atoms with van der Waals surface area (Å²) in [6.07, 6.45) is 0.541. The number of hydrogen-bond acceptors (Lipinski definition) is 6. The van der Waals surface area contributed by atoms with E-state index in [0.29, 0.717) is 18.1 Å². The van der Waals surface area contributed by atoms with Crippen LogP contribution in [0, 0.1) is 5.92 Å². The number of halogens is 2. The lowest BCUT2D eigenvalue weighted by Gasteiger charge is -2.28. The van der Waals surface area contributed by atoms with E-state index in [1.807, 2.05) is 20.8 Å². The summed E-state index contributed by atoms with van der Waals surface area (Å²) in [5, 5.41) is 6.07. The van der Waals surface area contributed by atoms with Gasteiger partial charge in [0.25, 0.3) is 11.9 Å². The van der Waals surface area contributed by atoms with Crippen molar-refractivity contribution in [3.8, 4) is 0 Å². The molecule has 1 aromatic carbocycles. The smallest absolute Gasteiger partial charge is 0.508 e. The largest absolute Gasteiger partial charge is 0.551 e. The SMILES string of the molecule is CC(C)C[C@H](NC(=O)CNC(=O)c1cc(Cl)ccc1Cl)B1OCC(C)SCC(=O)O1. The minimum atomic E-state index is -0.884. The van der Waals surface area contributed by atoms with Crippen LogP contribution >= 0.6 is 35.0 Å². The maximum absolute atomic E-state index is 12.5. The van der Waals surface area contributed by atoms with Crippen molar-refractivity contribution in [1.29, 1.82) is 0 Å². The maximum atomic E-state index is 12.5. The van der Waals surface area contributed by atoms with E-state index >= 15 is 0 Å². The molecule has 7 nitrogen and oxygen atoms in total. The molecule has 2 amide bonds. The highest BCUT2D eigenvalue weighted by Crippen LogP contribution is 2.20. The summed E-state index contributed by atoms with van der Waals surface area (Å²) in [7, 11) is -0.884. The van der Waals surface area contributed by atoms with Crippen molar-refractivity contribution in [2.75, 3.05) is 18.9 Å². The second kappa shape index (κ2) is 11.8. The molecule has 0 spiro atoms. The summed E-state index contributed by atoms with van der Waals surface area (Å²) in [5.41, 5.74) is 0.180. The predicted molar refractivity (Wildman–Crippen MR) is 120 cm³/mol. The number of amides is 2. The fraction of sp³-hybridized carbons (Fsp3) is 0.526. The zero-order chi connectivity index (χ0) is 22.3. The summed E-state index contributed by atoms with van der Waals surface area (Å²) in [6.45, 7) is 6.07. The van der Waals surface area contributed by atoms with Crippen molar-refractivity contribution in [1.82, 2.24) is 10.6 Å². The Hall–Kier alpha value is -1.42. The van der Waals surface area contributed by atoms with Crippen LogP contribution in [0.2, 0.25) is 10.0 Å². The molecule has 1 saturated heterocycles. The molecule has 0 aliphatic carbocycles. The first-order chi connectivity index (χ1) is 14.2. The lowest BCUT2D eigenvalue weighted by molar-refractivity contribution is -0.133. The third-order valence-corrected chi connectivity index (χ3v) is 5.88. The second-order valence-corrected chi connectivity index (χ2v) is 9.69. The summed E-state index contributed by atoms with van der Waals surface area (Å²) >= 11 is 13.4. The summed E-state index contributed by atoms with van der Waals surface area (Å²) in [4.78, 5) is 36.8. The molecule has 164 valence electrons. The van der Waals surface area contributed by atoms with E-state index in [9.17, 15) is 14.4 Å². The van der Waals surface area contributed by atoms with Crippen molar-refractivity contribution >= 4 is 59.9 Å². The standard InChI is InChI=1S/C19H25BCl2N2O5S/c1-11(2)6-16(20-28-9-12(3)30-10-18(26)29-20)24-17(25)8-23-19(27)14-7-13(21)4-5-15(14)22/h4-5,7,11-12,16H,6,8-10H2,1-3H3,(H,23,27)(H,24,25)/t12?,16-/m0/s1. The predicted octanol–water partition coefficient (Wildman–Crippen LogP) is 2.98. The first-order valence-electron chi connectivity index (χ1n) is 9.61. The van der Waals surface area contributed by atoms with E-state index < -0.39 is 24.9 Å². The molecule has 1 aliphatic heterocycles. The molecule has 0 aromatic heterocycles. The van der Waals surface area contributed by atoms with Crippen LogP contribution in [0.5, 0.6) is 0 Å². The highest BCUT2D eigenvalue weighted by molar-refractivity contribution is 8.00. The summed E-state index contributed by atoms with van der Waals surface area (Å²) in [5.74, 6) is -1.42. The van der Waals surface area contributed by atoms with Crippen LogP contribution in [0.15, 0.2) is 18.2 Å². The van der Waals surface area contributed by atoms with Crippen LogP contribution in [-0.2, 0) is 18.9 Å². The quantitative estimate of drug-likeness (QED) is 0.590. The van der Waals surface area contributed by atoms with Crippen molar-refractivity contribution in [2.45, 2.75) is 38.4 Å². The van der Waals surface area contributed by atoms with Gasteiger partial charge in [0.2, 0.25) is 5.91 Å². The van der Waals surface area contributed by atoms with Crippen molar-refractivity contribution < 1.29 is 23.7 Å². The number of carbonyl (C=O) groups is 3. The average molecular weight is 475 g/mol. The Kier molecular flexibility index (Phi) is 9.80. The van der Waals surface area contributed by atoms with Crippen LogP contribution in [-0.4, -0.2) is 55.0 Å². The Morgan fingerprint density at radius 1 is 1.33 bits per heavy atom. The van der Waals surface area contributed by atoms with Gasteiger partial charge in [-0.3, -0.25) is 14.4 Å². The van der Waals surface area contributed by atoms with Crippen LogP contribution in [0.1, 0.15) is 37.6 Å². The summed E-state index contributed by atoms with van der Waals surface area (Å²) < 4.78 is 11.2. The molecular formula is C19H25BCl2N2O5S. The van der Waals surface area contributed by atoms with E-state index in [-0.39, 0.29) is 40.0 Å². The van der Waals surface area contributed by atoms with E-state index in [1.165, 1.54) is 23.9 Å². The first-order valence-corrected chi connectivity index (χ1v) is 11.4. The van der Waals surface area contributed by atoms with E-state index in [1.54, 1.807) is 6.07 Å². The van der Waals surface area contributed by atoms with Gasteiger partial charge in [-0.25, -0.2) is 0 Å². The highest BCUT2D eigenvalue weighted by atomic mass is 35.5. The van der Waals surface area contributed by atoms with Crippen LogP contribution < -0.4 is 10.6 Å². The monoisotopic (exact) mass is 474 g/mol. The van der Waals surface area contributed by atoms with Crippen LogP contribution in [0.4, 0.5) is 0 Å². The van der Waals surface area contributed by atoms with Gasteiger partial charge in [-0.2, -0.15) is 0 Å². The third kappa shape index (κ3) is 8.02. The van der Waals surface area contributed by atoms with Gasteiger partial charge in [0.1, 0.15) is 0 Å². The van der Waals surface area contributed by atoms with Crippen molar-refractivity contribution in [3.05, 3.63) is 33.8 Å². The molecule has 1 heterocycles. The van der Waals surface area contributed by atoms with Gasteiger partial charge >= 0.3 is 7.12 Å². The van der Waals surface area contributed by atoms with Gasteiger partial charge in [0.05, 0.1) is 28.8 Å². The van der Waals surface area contributed by atoms with Crippen molar-refractivity contribution in [2.24, 2.45) is 5.92 Å². The van der Waals surface area contributed by atoms with Gasteiger partial charge in [-0.15, -0.1) is 11.8 Å². The Labute approximate surface area is 191 Å². The van der Waals surface area contributed by atoms with E-state index in [2.05, 4.69) is 10.6 Å². The number of thioether (sulfide) groups is 1. The maximum Gasteiger partial charge on any atom is 0.551 e. The molecule has 1 aliphatic rings. The molecule has 1 aromatic rings. The molecule has 1 fully saturated rings. The number of hydrogen-bond donors (Lipinski definition) is 2. The third-order valence-electron chi connectivity index (χ3n) is 4.21. The minimum absolute atomic E-state index is 0.137. The molecule has 0 saturated carbocycles. The zero-order valence-corrected chi connectivity index (χ0v) is 19.4. The van der Waals surface area contributed by atoms with Gasteiger partial charge in [-0.05, 0) is 30.5 Å². The Morgan fingerprint density at radius 3 is 2.77 bits per heavy atom. The van der Waals surface area contributed by atoms with Gasteiger partial charge in [-0.1, -0.05) is 44.0 Å². The Bertz CT molecular complexity index is 783. The molecular weight excluding hydrogens is 450 g/mol. The molecule has 2 N–H and O–H groups in total. The fourth-order valence-electron chi connectivity index (χ4n) is 2.82. The molecule has 0 radical (unpaired) electrons. The van der Waals surface area contributed by atoms with Crippen LogP contribution in [0.3, 0.4) is 0 Å². The Morgan fingerprint density at radius 2 is 2.07 bits per heavy atom. The molecule has 30 heavy (non-hydrogen) atoms. The van der Waals surface area contributed by atoms with Crippen LogP contribution in [0.25, 0.3) is 0 Å². The first kappa shape index (κ1) is 24.9. The average Bonchev–Trinajstić information content (AvgIpc) is 2.67. The van der Waals surface area contributed by atoms with Gasteiger partial charge < -0.3 is 19.9 Å². The summed E-state index contributed by atoms with van der Waals surface area (Å²) in [6, 6.07) is 4.51. The number of nitrogens with one attached hydrogen (secondary N) is 2. The second-order valence-electron chi connectivity index (χ2n) is 7.42. The number of carbonyl (C=O) groups excluding carboxylic acids is 3. The van der Waals surface area contributed by atoms with E-state index in [4.69, 9.17) is 32.5 Å². The Balaban J connectivity index is 1.99. The molecule has 11 heteroatoms. The number of rotatable bonds is 7. The molecule has 1 unspecified atom stereocenters. The zero-order valence-electron chi connectivity index (χ0n) is 17.1.